The fourth-order valence-corrected chi connectivity index (χ4v) is 3.17. The summed E-state index contributed by atoms with van der Waals surface area (Å²) in [6, 6.07) is 16.6. The fourth-order valence-electron chi connectivity index (χ4n) is 3.17. The minimum atomic E-state index is -0.974. The summed E-state index contributed by atoms with van der Waals surface area (Å²) in [5.41, 5.74) is 9.77. The Morgan fingerprint density at radius 1 is 1.03 bits per heavy atom. The van der Waals surface area contributed by atoms with Gasteiger partial charge in [0.25, 0.3) is 5.91 Å². The van der Waals surface area contributed by atoms with Crippen LogP contribution in [0, 0.1) is 12.7 Å². The molecule has 0 saturated carbocycles. The number of rotatable bonds is 6. The zero-order valence-corrected chi connectivity index (χ0v) is 15.9. The highest BCUT2D eigenvalue weighted by molar-refractivity contribution is 6.05. The van der Waals surface area contributed by atoms with Gasteiger partial charge < -0.3 is 16.2 Å². The molecule has 0 aliphatic rings. The van der Waals surface area contributed by atoms with Crippen LogP contribution in [0.2, 0.25) is 0 Å². The molecule has 29 heavy (non-hydrogen) atoms. The third kappa shape index (κ3) is 4.86. The van der Waals surface area contributed by atoms with Gasteiger partial charge in [-0.15, -0.1) is 0 Å². The molecular formula is C23H21FN2O3. The van der Waals surface area contributed by atoms with E-state index in [1.54, 1.807) is 55.5 Å². The van der Waals surface area contributed by atoms with E-state index < -0.39 is 11.8 Å². The van der Waals surface area contributed by atoms with Gasteiger partial charge in [0.05, 0.1) is 6.42 Å². The molecule has 0 unspecified atom stereocenters. The topological polar surface area (TPSA) is 92.4 Å². The molecule has 1 amide bonds. The first-order chi connectivity index (χ1) is 13.9. The number of hydrogen-bond acceptors (Lipinski definition) is 3. The lowest BCUT2D eigenvalue weighted by atomic mass is 10.00. The maximum atomic E-state index is 13.9. The number of nitrogens with two attached hydrogens (primary N) is 1. The van der Waals surface area contributed by atoms with Crippen LogP contribution in [0.4, 0.5) is 10.1 Å². The molecule has 6 heteroatoms. The van der Waals surface area contributed by atoms with Crippen LogP contribution in [0.1, 0.15) is 27.0 Å². The van der Waals surface area contributed by atoms with Crippen molar-refractivity contribution in [2.24, 2.45) is 5.73 Å². The first-order valence-electron chi connectivity index (χ1n) is 9.09. The van der Waals surface area contributed by atoms with Gasteiger partial charge in [-0.05, 0) is 71.1 Å². The lowest BCUT2D eigenvalue weighted by Gasteiger charge is -2.13. The molecular weight excluding hydrogens is 371 g/mol. The van der Waals surface area contributed by atoms with Crippen molar-refractivity contribution < 1.29 is 19.1 Å². The van der Waals surface area contributed by atoms with E-state index in [4.69, 9.17) is 10.8 Å². The Balaban J connectivity index is 1.91. The van der Waals surface area contributed by atoms with Crippen molar-refractivity contribution in [2.75, 3.05) is 5.32 Å². The molecule has 0 aromatic heterocycles. The molecule has 5 nitrogen and oxygen atoms in total. The Labute approximate surface area is 168 Å². The molecule has 0 saturated heterocycles. The average Bonchev–Trinajstić information content (AvgIpc) is 2.70. The molecule has 0 heterocycles. The number of aryl methyl sites for hydroxylation is 1. The Kier molecular flexibility index (Phi) is 6.04. The van der Waals surface area contributed by atoms with Gasteiger partial charge in [0, 0.05) is 17.8 Å². The fraction of sp³-hybridized carbons (Fsp3) is 0.130. The molecule has 4 N–H and O–H groups in total. The summed E-state index contributed by atoms with van der Waals surface area (Å²) in [5, 5.41) is 11.9. The number of aliphatic carboxylic acids is 1. The van der Waals surface area contributed by atoms with Crippen LogP contribution in [0.15, 0.2) is 60.7 Å². The molecule has 0 aliphatic heterocycles. The van der Waals surface area contributed by atoms with Crippen LogP contribution in [-0.4, -0.2) is 17.0 Å². The number of anilines is 1. The maximum absolute atomic E-state index is 13.9. The van der Waals surface area contributed by atoms with E-state index in [2.05, 4.69) is 5.32 Å². The number of hydrogen-bond donors (Lipinski definition) is 3. The van der Waals surface area contributed by atoms with E-state index >= 15 is 0 Å². The van der Waals surface area contributed by atoms with Crippen molar-refractivity contribution in [3.8, 4) is 11.1 Å². The Morgan fingerprint density at radius 2 is 1.79 bits per heavy atom. The van der Waals surface area contributed by atoms with Crippen molar-refractivity contribution in [2.45, 2.75) is 19.9 Å². The van der Waals surface area contributed by atoms with Crippen molar-refractivity contribution >= 4 is 17.6 Å². The SMILES string of the molecule is Cc1cccc(NC(=O)c2cccc(-c3cc(F)cc(CN)c3)c2)c1CC(=O)O. The highest BCUT2D eigenvalue weighted by atomic mass is 19.1. The highest BCUT2D eigenvalue weighted by Gasteiger charge is 2.14. The average molecular weight is 392 g/mol. The molecule has 3 aromatic carbocycles. The summed E-state index contributed by atoms with van der Waals surface area (Å²) < 4.78 is 13.9. The van der Waals surface area contributed by atoms with Crippen LogP contribution in [0.3, 0.4) is 0 Å². The van der Waals surface area contributed by atoms with Crippen LogP contribution < -0.4 is 11.1 Å². The smallest absolute Gasteiger partial charge is 0.307 e. The Hall–Kier alpha value is -3.51. The third-order valence-electron chi connectivity index (χ3n) is 4.64. The van der Waals surface area contributed by atoms with Gasteiger partial charge >= 0.3 is 5.97 Å². The standard InChI is InChI=1S/C23H21FN2O3/c1-14-4-2-7-21(20(14)12-22(27)28)26-23(29)17-6-3-5-16(10-17)18-8-15(13-25)9-19(24)11-18/h2-11H,12-13,25H2,1H3,(H,26,29)(H,27,28). The molecule has 0 bridgehead atoms. The van der Waals surface area contributed by atoms with Crippen molar-refractivity contribution in [1.82, 2.24) is 0 Å². The van der Waals surface area contributed by atoms with Gasteiger partial charge in [-0.2, -0.15) is 0 Å². The minimum Gasteiger partial charge on any atom is -0.481 e. The highest BCUT2D eigenvalue weighted by Crippen LogP contribution is 2.25. The van der Waals surface area contributed by atoms with E-state index in [0.29, 0.717) is 33.5 Å². The summed E-state index contributed by atoms with van der Waals surface area (Å²) in [6.45, 7) is 2.01. The van der Waals surface area contributed by atoms with Gasteiger partial charge in [0.1, 0.15) is 5.82 Å². The van der Waals surface area contributed by atoms with Crippen LogP contribution in [0.25, 0.3) is 11.1 Å². The quantitative estimate of drug-likeness (QED) is 0.588. The Morgan fingerprint density at radius 3 is 2.52 bits per heavy atom. The molecule has 0 spiro atoms. The molecule has 3 aromatic rings. The van der Waals surface area contributed by atoms with E-state index in [9.17, 15) is 14.0 Å². The van der Waals surface area contributed by atoms with Crippen LogP contribution >= 0.6 is 0 Å². The first kappa shape index (κ1) is 20.2. The van der Waals surface area contributed by atoms with Crippen molar-refractivity contribution in [3.05, 3.63) is 88.7 Å². The third-order valence-corrected chi connectivity index (χ3v) is 4.64. The van der Waals surface area contributed by atoms with Gasteiger partial charge in [-0.25, -0.2) is 4.39 Å². The molecule has 0 aliphatic carbocycles. The molecule has 0 radical (unpaired) electrons. The lowest BCUT2D eigenvalue weighted by Crippen LogP contribution is -2.15. The van der Waals surface area contributed by atoms with E-state index in [0.717, 1.165) is 5.56 Å². The summed E-state index contributed by atoms with van der Waals surface area (Å²) in [7, 11) is 0. The van der Waals surface area contributed by atoms with E-state index in [1.807, 2.05) is 0 Å². The molecule has 0 atom stereocenters. The van der Waals surface area contributed by atoms with Crippen molar-refractivity contribution in [1.29, 1.82) is 0 Å². The van der Waals surface area contributed by atoms with Crippen molar-refractivity contribution in [3.63, 3.8) is 0 Å². The van der Waals surface area contributed by atoms with Gasteiger partial charge in [0.2, 0.25) is 0 Å². The number of carbonyl (C=O) groups is 2. The van der Waals surface area contributed by atoms with E-state index in [1.165, 1.54) is 12.1 Å². The number of carbonyl (C=O) groups excluding carboxylic acids is 1. The first-order valence-corrected chi connectivity index (χ1v) is 9.09. The second-order valence-corrected chi connectivity index (χ2v) is 6.76. The molecule has 148 valence electrons. The van der Waals surface area contributed by atoms with Crippen LogP contribution in [0.5, 0.6) is 0 Å². The number of nitrogens with one attached hydrogen (secondary N) is 1. The molecule has 3 rings (SSSR count). The number of amides is 1. The summed E-state index contributed by atoms with van der Waals surface area (Å²) >= 11 is 0. The predicted molar refractivity (Wildman–Crippen MR) is 110 cm³/mol. The van der Waals surface area contributed by atoms with E-state index in [-0.39, 0.29) is 18.9 Å². The minimum absolute atomic E-state index is 0.187. The summed E-state index contributed by atoms with van der Waals surface area (Å²) in [6.07, 6.45) is -0.187. The monoisotopic (exact) mass is 392 g/mol. The van der Waals surface area contributed by atoms with Gasteiger partial charge in [-0.3, -0.25) is 9.59 Å². The normalized spacial score (nSPS) is 10.6. The van der Waals surface area contributed by atoms with Crippen LogP contribution in [-0.2, 0) is 17.8 Å². The number of halogens is 1. The predicted octanol–water partition coefficient (Wildman–Crippen LogP) is 4.14. The largest absolute Gasteiger partial charge is 0.481 e. The maximum Gasteiger partial charge on any atom is 0.307 e. The second-order valence-electron chi connectivity index (χ2n) is 6.76. The van der Waals surface area contributed by atoms with Gasteiger partial charge in [-0.1, -0.05) is 24.3 Å². The zero-order valence-electron chi connectivity index (χ0n) is 15.9. The summed E-state index contributed by atoms with van der Waals surface area (Å²) in [5.74, 6) is -1.74. The summed E-state index contributed by atoms with van der Waals surface area (Å²) in [4.78, 5) is 23.9. The number of carboxylic acids is 1. The molecule has 0 fully saturated rings. The Bertz CT molecular complexity index is 1080. The second kappa shape index (κ2) is 8.67. The lowest BCUT2D eigenvalue weighted by molar-refractivity contribution is -0.136. The number of benzene rings is 3. The number of carboxylic acid groups (broad SMARTS) is 1. The van der Waals surface area contributed by atoms with Gasteiger partial charge in [0.15, 0.2) is 0 Å². The zero-order chi connectivity index (χ0) is 21.0.